The minimum absolute atomic E-state index is 0.138. The number of rotatable bonds is 6. The molecule has 0 radical (unpaired) electrons. The number of benzene rings is 1. The minimum atomic E-state index is -3.61. The average molecular weight is 314 g/mol. The molecule has 0 saturated carbocycles. The highest BCUT2D eigenvalue weighted by atomic mass is 32.2. The SMILES string of the molecule is CS(=O)CCCNS(=O)(=O)c1ccccc1C#CCN. The highest BCUT2D eigenvalue weighted by Crippen LogP contribution is 2.14. The van der Waals surface area contributed by atoms with E-state index >= 15 is 0 Å². The molecular weight excluding hydrogens is 296 g/mol. The van der Waals surface area contributed by atoms with Gasteiger partial charge in [0.25, 0.3) is 0 Å². The second kappa shape index (κ2) is 8.17. The summed E-state index contributed by atoms with van der Waals surface area (Å²) in [5, 5.41) is 0. The van der Waals surface area contributed by atoms with Crippen LogP contribution in [0.5, 0.6) is 0 Å². The monoisotopic (exact) mass is 314 g/mol. The number of nitrogens with one attached hydrogen (secondary N) is 1. The number of nitrogens with two attached hydrogens (primary N) is 1. The molecule has 0 saturated heterocycles. The van der Waals surface area contributed by atoms with Crippen molar-refractivity contribution in [3.05, 3.63) is 29.8 Å². The van der Waals surface area contributed by atoms with E-state index in [1.807, 2.05) is 0 Å². The lowest BCUT2D eigenvalue weighted by Gasteiger charge is -2.08. The Morgan fingerprint density at radius 2 is 2.05 bits per heavy atom. The van der Waals surface area contributed by atoms with Gasteiger partial charge in [0, 0.05) is 34.9 Å². The van der Waals surface area contributed by atoms with Crippen molar-refractivity contribution >= 4 is 20.8 Å². The van der Waals surface area contributed by atoms with Crippen LogP contribution >= 0.6 is 0 Å². The third-order valence-corrected chi connectivity index (χ3v) is 4.79. The van der Waals surface area contributed by atoms with E-state index in [4.69, 9.17) is 5.73 Å². The smallest absolute Gasteiger partial charge is 0.241 e. The Morgan fingerprint density at radius 3 is 2.70 bits per heavy atom. The molecule has 110 valence electrons. The first-order valence-electron chi connectivity index (χ1n) is 6.05. The largest absolute Gasteiger partial charge is 0.320 e. The summed E-state index contributed by atoms with van der Waals surface area (Å²) in [7, 11) is -4.53. The summed E-state index contributed by atoms with van der Waals surface area (Å²) in [5.74, 6) is 5.86. The van der Waals surface area contributed by atoms with E-state index in [-0.39, 0.29) is 18.0 Å². The zero-order valence-electron chi connectivity index (χ0n) is 11.3. The van der Waals surface area contributed by atoms with Crippen LogP contribution in [0.15, 0.2) is 29.2 Å². The Morgan fingerprint density at radius 1 is 1.35 bits per heavy atom. The molecule has 1 atom stereocenters. The molecule has 0 aliphatic rings. The van der Waals surface area contributed by atoms with Gasteiger partial charge in [-0.15, -0.1) is 0 Å². The molecule has 1 aromatic rings. The highest BCUT2D eigenvalue weighted by Gasteiger charge is 2.16. The average Bonchev–Trinajstić information content (AvgIpc) is 2.41. The number of sulfonamides is 1. The lowest BCUT2D eigenvalue weighted by Crippen LogP contribution is -2.26. The van der Waals surface area contributed by atoms with E-state index in [0.29, 0.717) is 17.7 Å². The maximum atomic E-state index is 12.2. The van der Waals surface area contributed by atoms with E-state index < -0.39 is 20.8 Å². The molecule has 3 N–H and O–H groups in total. The second-order valence-electron chi connectivity index (χ2n) is 4.03. The Labute approximate surface area is 122 Å². The van der Waals surface area contributed by atoms with Crippen molar-refractivity contribution in [2.24, 2.45) is 5.73 Å². The topological polar surface area (TPSA) is 89.3 Å². The first-order chi connectivity index (χ1) is 9.47. The predicted octanol–water partition coefficient (Wildman–Crippen LogP) is 0.0437. The van der Waals surface area contributed by atoms with Crippen LogP contribution in [0.4, 0.5) is 0 Å². The van der Waals surface area contributed by atoms with Gasteiger partial charge in [0.05, 0.1) is 11.4 Å². The molecule has 0 fully saturated rings. The zero-order chi connectivity index (χ0) is 15.0. The van der Waals surface area contributed by atoms with Gasteiger partial charge >= 0.3 is 0 Å². The molecule has 1 aromatic carbocycles. The van der Waals surface area contributed by atoms with Crippen LogP contribution in [-0.4, -0.2) is 37.7 Å². The van der Waals surface area contributed by atoms with Crippen LogP contribution in [0.2, 0.25) is 0 Å². The fourth-order valence-corrected chi connectivity index (χ4v) is 3.30. The maximum Gasteiger partial charge on any atom is 0.241 e. The van der Waals surface area contributed by atoms with E-state index in [1.54, 1.807) is 24.5 Å². The quantitative estimate of drug-likeness (QED) is 0.573. The normalized spacial score (nSPS) is 12.5. The molecule has 5 nitrogen and oxygen atoms in total. The maximum absolute atomic E-state index is 12.2. The summed E-state index contributed by atoms with van der Waals surface area (Å²) >= 11 is 0. The van der Waals surface area contributed by atoms with E-state index in [0.717, 1.165) is 0 Å². The molecule has 0 aromatic heterocycles. The molecule has 20 heavy (non-hydrogen) atoms. The number of hydrogen-bond acceptors (Lipinski definition) is 4. The van der Waals surface area contributed by atoms with Crippen molar-refractivity contribution in [3.8, 4) is 11.8 Å². The van der Waals surface area contributed by atoms with Gasteiger partial charge in [-0.3, -0.25) is 4.21 Å². The molecular formula is C13H18N2O3S2. The van der Waals surface area contributed by atoms with Crippen LogP contribution in [0.3, 0.4) is 0 Å². The van der Waals surface area contributed by atoms with Gasteiger partial charge in [-0.1, -0.05) is 24.0 Å². The molecule has 0 aliphatic heterocycles. The van der Waals surface area contributed by atoms with E-state index in [9.17, 15) is 12.6 Å². The first-order valence-corrected chi connectivity index (χ1v) is 9.26. The molecule has 0 bridgehead atoms. The molecule has 0 heterocycles. The third-order valence-electron chi connectivity index (χ3n) is 2.40. The Kier molecular flexibility index (Phi) is 6.88. The predicted molar refractivity (Wildman–Crippen MR) is 81.1 cm³/mol. The van der Waals surface area contributed by atoms with Gasteiger partial charge in [-0.2, -0.15) is 0 Å². The second-order valence-corrected chi connectivity index (χ2v) is 7.32. The van der Waals surface area contributed by atoms with E-state index in [2.05, 4.69) is 16.6 Å². The summed E-state index contributed by atoms with van der Waals surface area (Å²) in [6.45, 7) is 0.421. The lowest BCUT2D eigenvalue weighted by molar-refractivity contribution is 0.580. The lowest BCUT2D eigenvalue weighted by atomic mass is 10.2. The summed E-state index contributed by atoms with van der Waals surface area (Å²) < 4.78 is 37.8. The molecule has 1 rings (SSSR count). The van der Waals surface area contributed by atoms with Gasteiger partial charge in [0.2, 0.25) is 10.0 Å². The highest BCUT2D eigenvalue weighted by molar-refractivity contribution is 7.89. The summed E-state index contributed by atoms with van der Waals surface area (Å²) in [4.78, 5) is 0.138. The van der Waals surface area contributed by atoms with Crippen LogP contribution in [0.25, 0.3) is 0 Å². The minimum Gasteiger partial charge on any atom is -0.320 e. The standard InChI is InChI=1S/C13H18N2O3S2/c1-19(16)11-5-10-15-20(17,18)13-8-3-2-6-12(13)7-4-9-14/h2-3,6,8,15H,5,9-11,14H2,1H3. The number of hydrogen-bond donors (Lipinski definition) is 2. The van der Waals surface area contributed by atoms with Gasteiger partial charge in [0.1, 0.15) is 0 Å². The molecule has 0 amide bonds. The van der Waals surface area contributed by atoms with Crippen molar-refractivity contribution in [2.45, 2.75) is 11.3 Å². The van der Waals surface area contributed by atoms with Crippen molar-refractivity contribution < 1.29 is 12.6 Å². The fourth-order valence-electron chi connectivity index (χ4n) is 1.51. The van der Waals surface area contributed by atoms with Crippen molar-refractivity contribution in [1.29, 1.82) is 0 Å². The molecule has 0 aliphatic carbocycles. The van der Waals surface area contributed by atoms with Crippen LogP contribution in [0.1, 0.15) is 12.0 Å². The van der Waals surface area contributed by atoms with E-state index in [1.165, 1.54) is 6.07 Å². The van der Waals surface area contributed by atoms with Gasteiger partial charge in [-0.25, -0.2) is 13.1 Å². The first kappa shape index (κ1) is 16.9. The van der Waals surface area contributed by atoms with Crippen LogP contribution in [0, 0.1) is 11.8 Å². The fraction of sp³-hybridized carbons (Fsp3) is 0.385. The Balaban J connectivity index is 2.84. The summed E-state index contributed by atoms with van der Waals surface area (Å²) in [6.07, 6.45) is 2.12. The van der Waals surface area contributed by atoms with Gasteiger partial charge in [-0.05, 0) is 18.6 Å². The zero-order valence-corrected chi connectivity index (χ0v) is 12.9. The van der Waals surface area contributed by atoms with Crippen molar-refractivity contribution in [3.63, 3.8) is 0 Å². The van der Waals surface area contributed by atoms with Crippen molar-refractivity contribution in [1.82, 2.24) is 4.72 Å². The van der Waals surface area contributed by atoms with Crippen LogP contribution < -0.4 is 10.5 Å². The molecule has 1 unspecified atom stereocenters. The Hall–Kier alpha value is -1.20. The molecule has 7 heteroatoms. The molecule has 0 spiro atoms. The summed E-state index contributed by atoms with van der Waals surface area (Å²) in [6, 6.07) is 6.50. The van der Waals surface area contributed by atoms with Gasteiger partial charge < -0.3 is 5.73 Å². The van der Waals surface area contributed by atoms with Crippen LogP contribution in [-0.2, 0) is 20.8 Å². The van der Waals surface area contributed by atoms with Crippen molar-refractivity contribution in [2.75, 3.05) is 25.1 Å². The summed E-state index contributed by atoms with van der Waals surface area (Å²) in [5.41, 5.74) is 5.72. The Bertz CT molecular complexity index is 631. The van der Waals surface area contributed by atoms with Gasteiger partial charge in [0.15, 0.2) is 0 Å². The third kappa shape index (κ3) is 5.43.